The fourth-order valence-corrected chi connectivity index (χ4v) is 3.36. The van der Waals surface area contributed by atoms with Crippen LogP contribution in [0.3, 0.4) is 0 Å². The van der Waals surface area contributed by atoms with Crippen LogP contribution in [0.5, 0.6) is 5.75 Å². The molecule has 0 aliphatic heterocycles. The van der Waals surface area contributed by atoms with Gasteiger partial charge >= 0.3 is 5.69 Å². The molecule has 0 saturated carbocycles. The van der Waals surface area contributed by atoms with E-state index in [4.69, 9.17) is 4.74 Å². The van der Waals surface area contributed by atoms with Crippen LogP contribution in [0.25, 0.3) is 11.0 Å². The fraction of sp³-hybridized carbons (Fsp3) is 0.294. The van der Waals surface area contributed by atoms with Gasteiger partial charge in [-0.05, 0) is 37.5 Å². The maximum absolute atomic E-state index is 12.8. The van der Waals surface area contributed by atoms with Gasteiger partial charge in [-0.15, -0.1) is 0 Å². The van der Waals surface area contributed by atoms with Crippen molar-refractivity contribution in [1.29, 1.82) is 0 Å². The van der Waals surface area contributed by atoms with Crippen LogP contribution in [-0.4, -0.2) is 26.5 Å². The molecule has 0 atom stereocenters. The van der Waals surface area contributed by atoms with Gasteiger partial charge in [-0.1, -0.05) is 12.1 Å². The summed E-state index contributed by atoms with van der Waals surface area (Å²) >= 11 is 1.07. The number of amides is 1. The molecular formula is C17H18N4O4S. The second-order valence-electron chi connectivity index (χ2n) is 5.93. The summed E-state index contributed by atoms with van der Waals surface area (Å²) in [4.78, 5) is 37.7. The number of nitrogens with zero attached hydrogens (tertiary/aromatic N) is 3. The third-order valence-electron chi connectivity index (χ3n) is 3.90. The predicted molar refractivity (Wildman–Crippen MR) is 100 cm³/mol. The molecule has 0 saturated heterocycles. The number of benzene rings is 1. The molecule has 3 aromatic rings. The minimum absolute atomic E-state index is 0.188. The Bertz CT molecular complexity index is 1080. The highest BCUT2D eigenvalue weighted by atomic mass is 32.1. The summed E-state index contributed by atoms with van der Waals surface area (Å²) in [5.74, 6) is 0.112. The first-order chi connectivity index (χ1) is 12.4. The van der Waals surface area contributed by atoms with E-state index in [1.807, 2.05) is 0 Å². The van der Waals surface area contributed by atoms with Gasteiger partial charge in [0, 0.05) is 11.4 Å². The third-order valence-corrected chi connectivity index (χ3v) is 4.52. The number of ether oxygens (including phenoxy) is 1. The lowest BCUT2D eigenvalue weighted by atomic mass is 10.3. The molecule has 1 N–H and O–H groups in total. The smallest absolute Gasteiger partial charge is 0.332 e. The Morgan fingerprint density at radius 3 is 2.73 bits per heavy atom. The molecule has 1 amide bonds. The number of hydrogen-bond donors (Lipinski definition) is 1. The number of methoxy groups -OCH3 is 1. The van der Waals surface area contributed by atoms with E-state index in [9.17, 15) is 14.4 Å². The molecular weight excluding hydrogens is 356 g/mol. The van der Waals surface area contributed by atoms with Crippen molar-refractivity contribution in [1.82, 2.24) is 13.5 Å². The van der Waals surface area contributed by atoms with Gasteiger partial charge in [-0.3, -0.25) is 18.7 Å². The van der Waals surface area contributed by atoms with Crippen molar-refractivity contribution in [3.05, 3.63) is 50.5 Å². The lowest BCUT2D eigenvalue weighted by Gasteiger charge is -2.14. The number of carbonyl (C=O) groups excluding carboxylic acids is 1. The van der Waals surface area contributed by atoms with Crippen molar-refractivity contribution < 1.29 is 9.53 Å². The van der Waals surface area contributed by atoms with E-state index in [2.05, 4.69) is 9.69 Å². The van der Waals surface area contributed by atoms with E-state index in [0.717, 1.165) is 16.1 Å². The summed E-state index contributed by atoms with van der Waals surface area (Å²) in [6.07, 6.45) is 0. The Morgan fingerprint density at radius 1 is 1.31 bits per heavy atom. The van der Waals surface area contributed by atoms with Crippen molar-refractivity contribution in [2.75, 3.05) is 12.4 Å². The SMILES string of the molecule is COc1ccccc1NC(=O)Cn1c(=O)n(C(C)C)c(=O)c2nscc21. The number of aromatic nitrogens is 3. The number of hydrogen-bond acceptors (Lipinski definition) is 6. The summed E-state index contributed by atoms with van der Waals surface area (Å²) in [6, 6.07) is 6.64. The maximum atomic E-state index is 12.8. The van der Waals surface area contributed by atoms with E-state index in [-0.39, 0.29) is 18.1 Å². The average molecular weight is 374 g/mol. The van der Waals surface area contributed by atoms with Crippen molar-refractivity contribution in [3.63, 3.8) is 0 Å². The molecule has 0 bridgehead atoms. The summed E-state index contributed by atoms with van der Waals surface area (Å²) in [5.41, 5.74) is 0.0749. The molecule has 0 aliphatic carbocycles. The van der Waals surface area contributed by atoms with Gasteiger partial charge in [-0.2, -0.15) is 4.37 Å². The summed E-state index contributed by atoms with van der Waals surface area (Å²) < 4.78 is 11.7. The van der Waals surface area contributed by atoms with Gasteiger partial charge in [0.2, 0.25) is 5.91 Å². The van der Waals surface area contributed by atoms with Crippen LogP contribution in [0.15, 0.2) is 39.2 Å². The third kappa shape index (κ3) is 3.13. The molecule has 0 unspecified atom stereocenters. The molecule has 0 spiro atoms. The Kier molecular flexibility index (Phi) is 4.90. The predicted octanol–water partition coefficient (Wildman–Crippen LogP) is 1.85. The van der Waals surface area contributed by atoms with Gasteiger partial charge < -0.3 is 10.1 Å². The largest absolute Gasteiger partial charge is 0.495 e. The van der Waals surface area contributed by atoms with Gasteiger partial charge in [0.1, 0.15) is 12.3 Å². The van der Waals surface area contributed by atoms with Crippen LogP contribution in [0, 0.1) is 0 Å². The Morgan fingerprint density at radius 2 is 2.04 bits per heavy atom. The van der Waals surface area contributed by atoms with Crippen molar-refractivity contribution in [3.8, 4) is 5.75 Å². The van der Waals surface area contributed by atoms with Crippen molar-refractivity contribution >= 4 is 34.2 Å². The Balaban J connectivity index is 2.01. The molecule has 1 aromatic carbocycles. The highest BCUT2D eigenvalue weighted by Gasteiger charge is 2.19. The van der Waals surface area contributed by atoms with Crippen molar-refractivity contribution in [2.45, 2.75) is 26.4 Å². The molecule has 8 nitrogen and oxygen atoms in total. The summed E-state index contributed by atoms with van der Waals surface area (Å²) in [6.45, 7) is 3.24. The van der Waals surface area contributed by atoms with Crippen LogP contribution in [0.1, 0.15) is 19.9 Å². The first-order valence-corrected chi connectivity index (χ1v) is 8.80. The Labute approximate surface area is 152 Å². The highest BCUT2D eigenvalue weighted by Crippen LogP contribution is 2.23. The van der Waals surface area contributed by atoms with Crippen LogP contribution >= 0.6 is 11.5 Å². The van der Waals surface area contributed by atoms with Crippen molar-refractivity contribution in [2.24, 2.45) is 0 Å². The quantitative estimate of drug-likeness (QED) is 0.735. The molecule has 0 aliphatic rings. The van der Waals surface area contributed by atoms with E-state index < -0.39 is 17.2 Å². The number of carbonyl (C=O) groups is 1. The highest BCUT2D eigenvalue weighted by molar-refractivity contribution is 7.04. The standard InChI is InChI=1S/C17H18N4O4S/c1-10(2)21-16(23)15-12(9-26-19-15)20(17(21)24)8-14(22)18-11-6-4-5-7-13(11)25-3/h4-7,9-10H,8H2,1-3H3,(H,18,22). The van der Waals surface area contributed by atoms with Crippen LogP contribution < -0.4 is 21.3 Å². The van der Waals surface area contributed by atoms with Crippen LogP contribution in [-0.2, 0) is 11.3 Å². The molecule has 2 aromatic heterocycles. The van der Waals surface area contributed by atoms with Gasteiger partial charge in [0.15, 0.2) is 5.52 Å². The summed E-state index contributed by atoms with van der Waals surface area (Å²) in [5, 5.41) is 4.33. The zero-order valence-electron chi connectivity index (χ0n) is 14.6. The molecule has 136 valence electrons. The van der Waals surface area contributed by atoms with Crippen LogP contribution in [0.2, 0.25) is 0 Å². The molecule has 2 heterocycles. The second-order valence-corrected chi connectivity index (χ2v) is 6.56. The Hall–Kier alpha value is -2.94. The maximum Gasteiger partial charge on any atom is 0.332 e. The average Bonchev–Trinajstić information content (AvgIpc) is 3.09. The topological polar surface area (TPSA) is 95.2 Å². The minimum Gasteiger partial charge on any atom is -0.495 e. The zero-order valence-corrected chi connectivity index (χ0v) is 15.4. The normalized spacial score (nSPS) is 11.1. The molecule has 9 heteroatoms. The molecule has 26 heavy (non-hydrogen) atoms. The fourth-order valence-electron chi connectivity index (χ4n) is 2.70. The van der Waals surface area contributed by atoms with Gasteiger partial charge in [0.25, 0.3) is 5.56 Å². The van der Waals surface area contributed by atoms with Gasteiger partial charge in [-0.25, -0.2) is 4.79 Å². The number of anilines is 1. The molecule has 0 fully saturated rings. The summed E-state index contributed by atoms with van der Waals surface area (Å²) in [7, 11) is 1.51. The lowest BCUT2D eigenvalue weighted by Crippen LogP contribution is -2.42. The van der Waals surface area contributed by atoms with E-state index in [0.29, 0.717) is 17.0 Å². The number of rotatable bonds is 5. The van der Waals surface area contributed by atoms with Crippen LogP contribution in [0.4, 0.5) is 5.69 Å². The number of nitrogens with one attached hydrogen (secondary N) is 1. The lowest BCUT2D eigenvalue weighted by molar-refractivity contribution is -0.116. The minimum atomic E-state index is -0.534. The monoisotopic (exact) mass is 374 g/mol. The zero-order chi connectivity index (χ0) is 18.8. The molecule has 3 rings (SSSR count). The van der Waals surface area contributed by atoms with E-state index in [1.165, 1.54) is 11.7 Å². The second kappa shape index (κ2) is 7.12. The molecule has 0 radical (unpaired) electrons. The first kappa shape index (κ1) is 17.9. The first-order valence-electron chi connectivity index (χ1n) is 7.96. The van der Waals surface area contributed by atoms with Gasteiger partial charge in [0.05, 0.1) is 18.3 Å². The van der Waals surface area contributed by atoms with E-state index in [1.54, 1.807) is 43.5 Å². The number of para-hydroxylation sites is 2. The number of fused-ring (bicyclic) bond motifs is 1. The van der Waals surface area contributed by atoms with E-state index >= 15 is 0 Å².